The minimum absolute atomic E-state index is 0.0442. The van der Waals surface area contributed by atoms with Crippen molar-refractivity contribution in [1.82, 2.24) is 14.5 Å². The maximum absolute atomic E-state index is 11.8. The molecule has 0 aliphatic rings. The van der Waals surface area contributed by atoms with Crippen LogP contribution in [0.2, 0.25) is 0 Å². The van der Waals surface area contributed by atoms with Gasteiger partial charge in [-0.15, -0.1) is 0 Å². The van der Waals surface area contributed by atoms with E-state index >= 15 is 0 Å². The largest absolute Gasteiger partial charge is 0.508 e. The van der Waals surface area contributed by atoms with Crippen LogP contribution >= 0.6 is 0 Å². The summed E-state index contributed by atoms with van der Waals surface area (Å²) in [7, 11) is 0. The maximum Gasteiger partial charge on any atom is 0.253 e. The summed E-state index contributed by atoms with van der Waals surface area (Å²) in [6.45, 7) is 3.61. The summed E-state index contributed by atoms with van der Waals surface area (Å²) in [4.78, 5) is 19.9. The number of anilines is 2. The molecule has 0 aliphatic heterocycles. The second-order valence-corrected chi connectivity index (χ2v) is 5.30. The number of nitrogens with zero attached hydrogens (tertiary/aromatic N) is 3. The number of hydrogen-bond acceptors (Lipinski definition) is 6. The molecule has 23 heavy (non-hydrogen) atoms. The van der Waals surface area contributed by atoms with E-state index in [9.17, 15) is 9.90 Å². The molecule has 2 heterocycles. The molecule has 0 radical (unpaired) electrons. The first-order valence-corrected chi connectivity index (χ1v) is 6.84. The van der Waals surface area contributed by atoms with Gasteiger partial charge >= 0.3 is 0 Å². The van der Waals surface area contributed by atoms with Crippen LogP contribution in [0.4, 0.5) is 11.8 Å². The minimum atomic E-state index is -0.685. The fraction of sp³-hybridized carbons (Fsp3) is 0.133. The van der Waals surface area contributed by atoms with Crippen LogP contribution in [0.15, 0.2) is 18.3 Å². The van der Waals surface area contributed by atoms with E-state index in [0.29, 0.717) is 22.3 Å². The molecule has 0 spiro atoms. The Balaban J connectivity index is 2.53. The van der Waals surface area contributed by atoms with Gasteiger partial charge in [-0.05, 0) is 25.5 Å². The average molecular weight is 312 g/mol. The lowest BCUT2D eigenvalue weighted by Gasteiger charge is -2.15. The first kappa shape index (κ1) is 14.6. The van der Waals surface area contributed by atoms with Gasteiger partial charge < -0.3 is 22.3 Å². The number of hydrogen-bond donors (Lipinski definition) is 4. The van der Waals surface area contributed by atoms with Crippen LogP contribution in [-0.2, 0) is 0 Å². The molecular weight excluding hydrogens is 296 g/mol. The molecule has 0 bridgehead atoms. The van der Waals surface area contributed by atoms with Gasteiger partial charge in [0.25, 0.3) is 5.91 Å². The van der Waals surface area contributed by atoms with Gasteiger partial charge in [0, 0.05) is 11.8 Å². The van der Waals surface area contributed by atoms with Crippen LogP contribution in [0.5, 0.6) is 5.75 Å². The van der Waals surface area contributed by atoms with E-state index in [2.05, 4.69) is 9.97 Å². The van der Waals surface area contributed by atoms with Gasteiger partial charge in [0.2, 0.25) is 5.95 Å². The monoisotopic (exact) mass is 312 g/mol. The van der Waals surface area contributed by atoms with Gasteiger partial charge in [-0.25, -0.2) is 4.98 Å². The Kier molecular flexibility index (Phi) is 3.10. The van der Waals surface area contributed by atoms with Crippen molar-refractivity contribution in [3.63, 3.8) is 0 Å². The number of carbonyl (C=O) groups is 1. The number of aryl methyl sites for hydroxylation is 1. The van der Waals surface area contributed by atoms with Gasteiger partial charge in [-0.1, -0.05) is 6.07 Å². The van der Waals surface area contributed by atoms with E-state index in [-0.39, 0.29) is 23.1 Å². The van der Waals surface area contributed by atoms with Gasteiger partial charge in [0.05, 0.1) is 16.6 Å². The molecule has 1 amide bonds. The van der Waals surface area contributed by atoms with Gasteiger partial charge in [-0.3, -0.25) is 9.36 Å². The summed E-state index contributed by atoms with van der Waals surface area (Å²) >= 11 is 0. The molecular formula is C15H16N6O2. The van der Waals surface area contributed by atoms with Crippen molar-refractivity contribution in [2.24, 2.45) is 5.73 Å². The van der Waals surface area contributed by atoms with Crippen LogP contribution < -0.4 is 17.2 Å². The molecule has 0 unspecified atom stereocenters. The smallest absolute Gasteiger partial charge is 0.253 e. The fourth-order valence-corrected chi connectivity index (χ4v) is 2.75. The molecule has 0 saturated heterocycles. The highest BCUT2D eigenvalue weighted by molar-refractivity contribution is 6.10. The minimum Gasteiger partial charge on any atom is -0.508 e. The standard InChI is InChI=1S/C15H16N6O2/c1-6-3-4-9(22)7(2)11(6)21-12(16)10(13(17)23)8-5-19-15(18)20-14(8)21/h3-5,22H,16H2,1-2H3,(H2,17,23)(H2,18,19,20). The first-order chi connectivity index (χ1) is 10.8. The number of nitrogens with two attached hydrogens (primary N) is 3. The second kappa shape index (κ2) is 4.87. The van der Waals surface area contributed by atoms with Gasteiger partial charge in [-0.2, -0.15) is 4.98 Å². The third kappa shape index (κ3) is 2.03. The molecule has 3 aromatic rings. The van der Waals surface area contributed by atoms with E-state index in [4.69, 9.17) is 17.2 Å². The number of rotatable bonds is 2. The Morgan fingerprint density at radius 1 is 1.26 bits per heavy atom. The lowest BCUT2D eigenvalue weighted by molar-refractivity contribution is 0.100. The van der Waals surface area contributed by atoms with Crippen molar-refractivity contribution < 1.29 is 9.90 Å². The van der Waals surface area contributed by atoms with Gasteiger partial charge in [0.15, 0.2) is 5.65 Å². The van der Waals surface area contributed by atoms with Crippen molar-refractivity contribution in [1.29, 1.82) is 0 Å². The highest BCUT2D eigenvalue weighted by Crippen LogP contribution is 2.35. The number of carbonyl (C=O) groups excluding carboxylic acids is 1. The zero-order valence-electron chi connectivity index (χ0n) is 12.7. The zero-order valence-corrected chi connectivity index (χ0v) is 12.7. The Morgan fingerprint density at radius 2 is 1.96 bits per heavy atom. The van der Waals surface area contributed by atoms with Crippen LogP contribution in [0, 0.1) is 13.8 Å². The Hall–Kier alpha value is -3.29. The number of fused-ring (bicyclic) bond motifs is 1. The van der Waals surface area contributed by atoms with Crippen LogP contribution in [0.1, 0.15) is 21.5 Å². The maximum atomic E-state index is 11.8. The number of phenolic OH excluding ortho intramolecular Hbond substituents is 1. The summed E-state index contributed by atoms with van der Waals surface area (Å²) in [5.74, 6) is -0.406. The Bertz CT molecular complexity index is 960. The molecule has 0 atom stereocenters. The first-order valence-electron chi connectivity index (χ1n) is 6.84. The van der Waals surface area contributed by atoms with Gasteiger partial charge in [0.1, 0.15) is 11.6 Å². The third-order valence-electron chi connectivity index (χ3n) is 3.84. The van der Waals surface area contributed by atoms with Crippen molar-refractivity contribution in [2.75, 3.05) is 11.5 Å². The SMILES string of the molecule is Cc1ccc(O)c(C)c1-n1c(N)c(C(N)=O)c2cnc(N)nc21. The average Bonchev–Trinajstić information content (AvgIpc) is 2.76. The Labute approximate surface area is 131 Å². The lowest BCUT2D eigenvalue weighted by atomic mass is 10.1. The molecule has 2 aromatic heterocycles. The number of aromatic hydroxyl groups is 1. The van der Waals surface area contributed by atoms with Crippen molar-refractivity contribution in [3.8, 4) is 11.4 Å². The number of aromatic nitrogens is 3. The van der Waals surface area contributed by atoms with Crippen LogP contribution in [0.3, 0.4) is 0 Å². The molecule has 3 rings (SSSR count). The predicted octanol–water partition coefficient (Wildman–Crippen LogP) is 1.01. The topological polar surface area (TPSA) is 146 Å². The number of primary amides is 1. The quantitative estimate of drug-likeness (QED) is 0.555. The normalized spacial score (nSPS) is 11.0. The third-order valence-corrected chi connectivity index (χ3v) is 3.84. The molecule has 118 valence electrons. The molecule has 8 nitrogen and oxygen atoms in total. The summed E-state index contributed by atoms with van der Waals surface area (Å²) in [6, 6.07) is 3.34. The van der Waals surface area contributed by atoms with E-state index in [0.717, 1.165) is 5.56 Å². The van der Waals surface area contributed by atoms with Crippen LogP contribution in [-0.4, -0.2) is 25.5 Å². The zero-order chi connectivity index (χ0) is 16.9. The van der Waals surface area contributed by atoms with Crippen molar-refractivity contribution >= 4 is 28.7 Å². The highest BCUT2D eigenvalue weighted by Gasteiger charge is 2.24. The summed E-state index contributed by atoms with van der Waals surface area (Å²) in [5.41, 5.74) is 19.8. The lowest BCUT2D eigenvalue weighted by Crippen LogP contribution is -2.14. The van der Waals surface area contributed by atoms with E-state index in [1.165, 1.54) is 6.20 Å². The second-order valence-electron chi connectivity index (χ2n) is 5.30. The van der Waals surface area contributed by atoms with Crippen molar-refractivity contribution in [3.05, 3.63) is 35.0 Å². The molecule has 8 heteroatoms. The number of benzene rings is 1. The van der Waals surface area contributed by atoms with E-state index < -0.39 is 5.91 Å². The molecule has 1 aromatic carbocycles. The molecule has 0 aliphatic carbocycles. The molecule has 7 N–H and O–H groups in total. The van der Waals surface area contributed by atoms with Crippen LogP contribution in [0.25, 0.3) is 16.7 Å². The van der Waals surface area contributed by atoms with Crippen molar-refractivity contribution in [2.45, 2.75) is 13.8 Å². The predicted molar refractivity (Wildman–Crippen MR) is 87.3 cm³/mol. The summed E-state index contributed by atoms with van der Waals surface area (Å²) in [5, 5.41) is 10.4. The number of amides is 1. The number of phenols is 1. The molecule has 0 saturated carbocycles. The Morgan fingerprint density at radius 3 is 2.61 bits per heavy atom. The van der Waals surface area contributed by atoms with E-state index in [1.54, 1.807) is 23.6 Å². The molecule has 0 fully saturated rings. The fourth-order valence-electron chi connectivity index (χ4n) is 2.75. The van der Waals surface area contributed by atoms with E-state index in [1.807, 2.05) is 6.92 Å². The highest BCUT2D eigenvalue weighted by atomic mass is 16.3. The summed E-state index contributed by atoms with van der Waals surface area (Å²) < 4.78 is 1.57. The number of nitrogen functional groups attached to an aromatic ring is 2. The summed E-state index contributed by atoms with van der Waals surface area (Å²) in [6.07, 6.45) is 1.41.